The zero-order chi connectivity index (χ0) is 22.9. The van der Waals surface area contributed by atoms with Crippen LogP contribution in [0.4, 0.5) is 5.13 Å². The van der Waals surface area contributed by atoms with Crippen LogP contribution in [0.15, 0.2) is 10.9 Å². The molecular formula is C23H38N6O2S. The van der Waals surface area contributed by atoms with Gasteiger partial charge in [-0.25, -0.2) is 4.98 Å². The van der Waals surface area contributed by atoms with Crippen molar-refractivity contribution in [3.63, 3.8) is 0 Å². The van der Waals surface area contributed by atoms with Gasteiger partial charge in [-0.1, -0.05) is 38.0 Å². The van der Waals surface area contributed by atoms with Gasteiger partial charge in [0.2, 0.25) is 16.0 Å². The topological polar surface area (TPSA) is 82.8 Å². The minimum atomic E-state index is -0.159. The molecule has 32 heavy (non-hydrogen) atoms. The molecule has 1 aliphatic rings. The van der Waals surface area contributed by atoms with Crippen molar-refractivity contribution in [2.45, 2.75) is 65.7 Å². The smallest absolute Gasteiger partial charge is 0.275 e. The molecule has 1 saturated heterocycles. The standard InChI is InChI=1S/C23H38N6O2S/c1-4-6-12-27(13-7-5-2)14-9-11-24-21(31)19-10-8-15-28(17-19)23-26-29-20(30)16-18(3)25-22(29)32-23/h16,19H,4-15,17H2,1-3H3,(H,24,31)/t19-/m1/s1. The van der Waals surface area contributed by atoms with E-state index in [0.29, 0.717) is 17.2 Å². The summed E-state index contributed by atoms with van der Waals surface area (Å²) in [5, 5.41) is 8.39. The maximum Gasteiger partial charge on any atom is 0.275 e. The fourth-order valence-corrected chi connectivity index (χ4v) is 5.15. The predicted octanol–water partition coefficient (Wildman–Crippen LogP) is 3.08. The van der Waals surface area contributed by atoms with Crippen LogP contribution in [0.1, 0.15) is 64.5 Å². The van der Waals surface area contributed by atoms with Crippen molar-refractivity contribution in [2.75, 3.05) is 44.2 Å². The highest BCUT2D eigenvalue weighted by molar-refractivity contribution is 7.20. The maximum absolute atomic E-state index is 12.8. The molecule has 0 aliphatic carbocycles. The molecule has 0 bridgehead atoms. The van der Waals surface area contributed by atoms with E-state index in [0.717, 1.165) is 57.1 Å². The Morgan fingerprint density at radius 1 is 1.22 bits per heavy atom. The van der Waals surface area contributed by atoms with Crippen LogP contribution in [-0.2, 0) is 4.79 Å². The summed E-state index contributed by atoms with van der Waals surface area (Å²) < 4.78 is 1.36. The molecule has 2 aromatic heterocycles. The lowest BCUT2D eigenvalue weighted by Gasteiger charge is -2.31. The van der Waals surface area contributed by atoms with Crippen molar-refractivity contribution in [2.24, 2.45) is 5.92 Å². The van der Waals surface area contributed by atoms with Crippen molar-refractivity contribution in [1.29, 1.82) is 0 Å². The first kappa shape index (κ1) is 24.6. The Labute approximate surface area is 195 Å². The number of nitrogens with one attached hydrogen (secondary N) is 1. The number of aryl methyl sites for hydroxylation is 1. The molecule has 0 radical (unpaired) electrons. The third-order valence-electron chi connectivity index (χ3n) is 6.03. The van der Waals surface area contributed by atoms with Crippen LogP contribution in [-0.4, -0.2) is 64.7 Å². The third kappa shape index (κ3) is 6.75. The number of piperidine rings is 1. The summed E-state index contributed by atoms with van der Waals surface area (Å²) in [5.74, 6) is 0.0917. The molecule has 2 aromatic rings. The summed E-state index contributed by atoms with van der Waals surface area (Å²) in [5.41, 5.74) is 0.539. The number of anilines is 1. The Balaban J connectivity index is 1.49. The molecule has 0 spiro atoms. The second kappa shape index (κ2) is 12.3. The number of aromatic nitrogens is 3. The molecule has 1 fully saturated rings. The van der Waals surface area contributed by atoms with E-state index >= 15 is 0 Å². The number of carbonyl (C=O) groups is 1. The fraction of sp³-hybridized carbons (Fsp3) is 0.739. The van der Waals surface area contributed by atoms with E-state index in [1.54, 1.807) is 0 Å². The Hall–Kier alpha value is -2.00. The molecule has 3 rings (SSSR count). The van der Waals surface area contributed by atoms with E-state index < -0.39 is 0 Å². The molecule has 3 heterocycles. The van der Waals surface area contributed by atoms with Crippen LogP contribution in [0.25, 0.3) is 4.96 Å². The minimum Gasteiger partial charge on any atom is -0.356 e. The van der Waals surface area contributed by atoms with E-state index in [1.807, 2.05) is 6.92 Å². The van der Waals surface area contributed by atoms with Gasteiger partial charge in [0.1, 0.15) is 0 Å². The van der Waals surface area contributed by atoms with Crippen LogP contribution in [0, 0.1) is 12.8 Å². The van der Waals surface area contributed by atoms with Crippen LogP contribution >= 0.6 is 11.3 Å². The number of rotatable bonds is 12. The molecule has 178 valence electrons. The van der Waals surface area contributed by atoms with Gasteiger partial charge < -0.3 is 15.1 Å². The highest BCUT2D eigenvalue weighted by atomic mass is 32.1. The van der Waals surface area contributed by atoms with Gasteiger partial charge in [0.25, 0.3) is 5.56 Å². The van der Waals surface area contributed by atoms with E-state index in [9.17, 15) is 9.59 Å². The Kier molecular flexibility index (Phi) is 9.47. The minimum absolute atomic E-state index is 0.0431. The van der Waals surface area contributed by atoms with Gasteiger partial charge in [-0.3, -0.25) is 9.59 Å². The lowest BCUT2D eigenvalue weighted by atomic mass is 9.97. The second-order valence-corrected chi connectivity index (χ2v) is 9.73. The largest absolute Gasteiger partial charge is 0.356 e. The number of nitrogens with zero attached hydrogens (tertiary/aromatic N) is 5. The summed E-state index contributed by atoms with van der Waals surface area (Å²) in [6, 6.07) is 1.49. The fourth-order valence-electron chi connectivity index (χ4n) is 4.16. The average molecular weight is 463 g/mol. The summed E-state index contributed by atoms with van der Waals surface area (Å²) in [4.78, 5) is 34.6. The average Bonchev–Trinajstić information content (AvgIpc) is 3.22. The van der Waals surface area contributed by atoms with Gasteiger partial charge in [0.15, 0.2) is 0 Å². The van der Waals surface area contributed by atoms with Gasteiger partial charge in [0, 0.05) is 31.4 Å². The summed E-state index contributed by atoms with van der Waals surface area (Å²) in [6.45, 7) is 11.8. The van der Waals surface area contributed by atoms with Gasteiger partial charge in [-0.15, -0.1) is 5.10 Å². The molecular weight excluding hydrogens is 424 g/mol. The van der Waals surface area contributed by atoms with Gasteiger partial charge in [0.05, 0.1) is 5.92 Å². The molecule has 1 atom stereocenters. The molecule has 0 unspecified atom stereocenters. The van der Waals surface area contributed by atoms with E-state index in [4.69, 9.17) is 0 Å². The lowest BCUT2D eigenvalue weighted by Crippen LogP contribution is -2.43. The summed E-state index contributed by atoms with van der Waals surface area (Å²) in [6.07, 6.45) is 7.73. The zero-order valence-corrected chi connectivity index (χ0v) is 20.6. The first-order chi connectivity index (χ1) is 15.5. The first-order valence-electron chi connectivity index (χ1n) is 12.1. The van der Waals surface area contributed by atoms with Crippen LogP contribution in [0.5, 0.6) is 0 Å². The van der Waals surface area contributed by atoms with Crippen LogP contribution < -0.4 is 15.8 Å². The van der Waals surface area contributed by atoms with Crippen molar-refractivity contribution in [3.05, 3.63) is 22.1 Å². The van der Waals surface area contributed by atoms with Crippen LogP contribution in [0.2, 0.25) is 0 Å². The summed E-state index contributed by atoms with van der Waals surface area (Å²) >= 11 is 1.41. The molecule has 0 saturated carbocycles. The van der Waals surface area contributed by atoms with Gasteiger partial charge in [-0.05, 0) is 58.7 Å². The van der Waals surface area contributed by atoms with E-state index in [2.05, 4.69) is 39.0 Å². The van der Waals surface area contributed by atoms with Crippen LogP contribution in [0.3, 0.4) is 0 Å². The number of unbranched alkanes of at least 4 members (excludes halogenated alkanes) is 2. The molecule has 1 N–H and O–H groups in total. The number of hydrogen-bond donors (Lipinski definition) is 1. The monoisotopic (exact) mass is 462 g/mol. The SMILES string of the molecule is CCCCN(CCCC)CCCNC(=O)[C@@H]1CCCN(c2nn3c(=O)cc(C)nc3s2)C1. The highest BCUT2D eigenvalue weighted by Crippen LogP contribution is 2.27. The molecule has 8 nitrogen and oxygen atoms in total. The quantitative estimate of drug-likeness (QED) is 0.488. The lowest BCUT2D eigenvalue weighted by molar-refractivity contribution is -0.125. The number of carbonyl (C=O) groups excluding carboxylic acids is 1. The van der Waals surface area contributed by atoms with Crippen molar-refractivity contribution >= 4 is 27.3 Å². The second-order valence-electron chi connectivity index (χ2n) is 8.79. The van der Waals surface area contributed by atoms with Gasteiger partial charge >= 0.3 is 0 Å². The molecule has 1 amide bonds. The predicted molar refractivity (Wildman–Crippen MR) is 131 cm³/mol. The van der Waals surface area contributed by atoms with E-state index in [1.165, 1.54) is 47.6 Å². The number of fused-ring (bicyclic) bond motifs is 1. The number of amides is 1. The van der Waals surface area contributed by atoms with Crippen molar-refractivity contribution in [1.82, 2.24) is 24.8 Å². The number of hydrogen-bond acceptors (Lipinski definition) is 7. The molecule has 9 heteroatoms. The Morgan fingerprint density at radius 3 is 2.66 bits per heavy atom. The molecule has 0 aromatic carbocycles. The van der Waals surface area contributed by atoms with Crippen molar-refractivity contribution in [3.8, 4) is 0 Å². The first-order valence-corrected chi connectivity index (χ1v) is 13.0. The Bertz CT molecular complexity index is 919. The van der Waals surface area contributed by atoms with Crippen molar-refractivity contribution < 1.29 is 4.79 Å². The summed E-state index contributed by atoms with van der Waals surface area (Å²) in [7, 11) is 0. The van der Waals surface area contributed by atoms with E-state index in [-0.39, 0.29) is 17.4 Å². The normalized spacial score (nSPS) is 16.8. The highest BCUT2D eigenvalue weighted by Gasteiger charge is 2.27. The third-order valence-corrected chi connectivity index (χ3v) is 7.00. The van der Waals surface area contributed by atoms with Gasteiger partial charge in [-0.2, -0.15) is 4.52 Å². The zero-order valence-electron chi connectivity index (χ0n) is 19.8. The maximum atomic E-state index is 12.8. The Morgan fingerprint density at radius 2 is 1.94 bits per heavy atom. The molecule has 1 aliphatic heterocycles.